The molecule has 0 bridgehead atoms. The Labute approximate surface area is 140 Å². The summed E-state index contributed by atoms with van der Waals surface area (Å²) in [4.78, 5) is 23.9. The summed E-state index contributed by atoms with van der Waals surface area (Å²) in [5.41, 5.74) is 3.66. The number of aryl methyl sites for hydroxylation is 2. The summed E-state index contributed by atoms with van der Waals surface area (Å²) in [5, 5.41) is 18.2. The number of hydrogen-bond donors (Lipinski definition) is 2. The van der Waals surface area contributed by atoms with E-state index in [1.165, 1.54) is 0 Å². The van der Waals surface area contributed by atoms with Crippen LogP contribution in [0.5, 0.6) is 0 Å². The SMILES string of the molecule is CCn1nc(C)c(CNC(=O)C(=O)Nc2ccc(C#N)cc2)c1C. The predicted octanol–water partition coefficient (Wildman–Crippen LogP) is 1.65. The van der Waals surface area contributed by atoms with Crippen LogP contribution in [0.1, 0.15) is 29.4 Å². The van der Waals surface area contributed by atoms with Gasteiger partial charge in [-0.15, -0.1) is 0 Å². The lowest BCUT2D eigenvalue weighted by Crippen LogP contribution is -2.35. The van der Waals surface area contributed by atoms with Gasteiger partial charge in [0.15, 0.2) is 0 Å². The third-order valence-corrected chi connectivity index (χ3v) is 3.73. The Morgan fingerprint density at radius 3 is 2.42 bits per heavy atom. The predicted molar refractivity (Wildman–Crippen MR) is 89.0 cm³/mol. The van der Waals surface area contributed by atoms with Gasteiger partial charge in [0.2, 0.25) is 0 Å². The van der Waals surface area contributed by atoms with Crippen LogP contribution in [0, 0.1) is 25.2 Å². The first-order valence-corrected chi connectivity index (χ1v) is 7.58. The van der Waals surface area contributed by atoms with Crippen LogP contribution >= 0.6 is 0 Å². The fraction of sp³-hybridized carbons (Fsp3) is 0.294. The highest BCUT2D eigenvalue weighted by Gasteiger charge is 2.16. The highest BCUT2D eigenvalue weighted by molar-refractivity contribution is 6.39. The Bertz CT molecular complexity index is 800. The maximum atomic E-state index is 11.9. The Morgan fingerprint density at radius 1 is 1.21 bits per heavy atom. The molecule has 1 aromatic carbocycles. The van der Waals surface area contributed by atoms with E-state index in [2.05, 4.69) is 15.7 Å². The number of anilines is 1. The molecule has 0 unspecified atom stereocenters. The first-order chi connectivity index (χ1) is 11.5. The molecule has 7 heteroatoms. The number of carbonyl (C=O) groups excluding carboxylic acids is 2. The van der Waals surface area contributed by atoms with Crippen molar-refractivity contribution < 1.29 is 9.59 Å². The topological polar surface area (TPSA) is 99.8 Å². The number of nitrogens with zero attached hydrogens (tertiary/aromatic N) is 3. The summed E-state index contributed by atoms with van der Waals surface area (Å²) in [7, 11) is 0. The Morgan fingerprint density at radius 2 is 1.88 bits per heavy atom. The molecule has 124 valence electrons. The van der Waals surface area contributed by atoms with Crippen molar-refractivity contribution in [2.45, 2.75) is 33.9 Å². The van der Waals surface area contributed by atoms with Gasteiger partial charge in [0, 0.05) is 30.0 Å². The van der Waals surface area contributed by atoms with Crippen LogP contribution in [-0.4, -0.2) is 21.6 Å². The number of aromatic nitrogens is 2. The van der Waals surface area contributed by atoms with Gasteiger partial charge in [-0.3, -0.25) is 14.3 Å². The molecule has 2 aromatic rings. The third-order valence-electron chi connectivity index (χ3n) is 3.73. The molecule has 0 fully saturated rings. The standard InChI is InChI=1S/C17H19N5O2/c1-4-22-12(3)15(11(2)21-22)10-19-16(23)17(24)20-14-7-5-13(9-18)6-8-14/h5-8H,4,10H2,1-3H3,(H,19,23)(H,20,24). The van der Waals surface area contributed by atoms with E-state index in [-0.39, 0.29) is 6.54 Å². The molecule has 0 saturated carbocycles. The second kappa shape index (κ2) is 7.42. The van der Waals surface area contributed by atoms with Gasteiger partial charge in [0.05, 0.1) is 17.3 Å². The van der Waals surface area contributed by atoms with Crippen LogP contribution in [0.15, 0.2) is 24.3 Å². The first kappa shape index (κ1) is 17.2. The molecule has 7 nitrogen and oxygen atoms in total. The third kappa shape index (κ3) is 3.79. The number of nitrogens with one attached hydrogen (secondary N) is 2. The van der Waals surface area contributed by atoms with E-state index < -0.39 is 11.8 Å². The molecule has 1 aromatic heterocycles. The Hall–Kier alpha value is -3.14. The van der Waals surface area contributed by atoms with Crippen molar-refractivity contribution in [2.75, 3.05) is 5.32 Å². The quantitative estimate of drug-likeness (QED) is 0.835. The molecule has 24 heavy (non-hydrogen) atoms. The van der Waals surface area contributed by atoms with Gasteiger partial charge < -0.3 is 10.6 Å². The molecule has 0 saturated heterocycles. The summed E-state index contributed by atoms with van der Waals surface area (Å²) < 4.78 is 1.85. The fourth-order valence-electron chi connectivity index (χ4n) is 2.36. The van der Waals surface area contributed by atoms with Crippen LogP contribution in [0.25, 0.3) is 0 Å². The molecule has 0 aliphatic carbocycles. The second-order valence-electron chi connectivity index (χ2n) is 5.29. The smallest absolute Gasteiger partial charge is 0.313 e. The Balaban J connectivity index is 1.95. The number of hydrogen-bond acceptors (Lipinski definition) is 4. The zero-order valence-corrected chi connectivity index (χ0v) is 13.9. The molecule has 0 radical (unpaired) electrons. The fourth-order valence-corrected chi connectivity index (χ4v) is 2.36. The van der Waals surface area contributed by atoms with Gasteiger partial charge >= 0.3 is 11.8 Å². The van der Waals surface area contributed by atoms with Gasteiger partial charge in [0.25, 0.3) is 0 Å². The van der Waals surface area contributed by atoms with Crippen molar-refractivity contribution in [3.05, 3.63) is 46.8 Å². The molecule has 2 rings (SSSR count). The lowest BCUT2D eigenvalue weighted by Gasteiger charge is -2.07. The number of carbonyl (C=O) groups is 2. The highest BCUT2D eigenvalue weighted by Crippen LogP contribution is 2.12. The molecule has 2 amide bonds. The van der Waals surface area contributed by atoms with Crippen molar-refractivity contribution in [3.8, 4) is 6.07 Å². The van der Waals surface area contributed by atoms with Crippen molar-refractivity contribution in [2.24, 2.45) is 0 Å². The van der Waals surface area contributed by atoms with E-state index in [1.807, 2.05) is 31.5 Å². The van der Waals surface area contributed by atoms with E-state index >= 15 is 0 Å². The average molecular weight is 325 g/mol. The monoisotopic (exact) mass is 325 g/mol. The second-order valence-corrected chi connectivity index (χ2v) is 5.29. The van der Waals surface area contributed by atoms with E-state index in [1.54, 1.807) is 24.3 Å². The lowest BCUT2D eigenvalue weighted by molar-refractivity contribution is -0.136. The van der Waals surface area contributed by atoms with E-state index in [9.17, 15) is 9.59 Å². The molecule has 1 heterocycles. The summed E-state index contributed by atoms with van der Waals surface area (Å²) in [6, 6.07) is 8.27. The molecular weight excluding hydrogens is 306 g/mol. The summed E-state index contributed by atoms with van der Waals surface area (Å²) >= 11 is 0. The minimum atomic E-state index is -0.752. The number of rotatable bonds is 4. The lowest BCUT2D eigenvalue weighted by atomic mass is 10.2. The van der Waals surface area contributed by atoms with Gasteiger partial charge in [-0.25, -0.2) is 0 Å². The van der Waals surface area contributed by atoms with Crippen molar-refractivity contribution in [1.82, 2.24) is 15.1 Å². The molecule has 2 N–H and O–H groups in total. The summed E-state index contributed by atoms with van der Waals surface area (Å²) in [6.45, 7) is 6.79. The molecule has 0 aliphatic heterocycles. The Kier molecular flexibility index (Phi) is 5.32. The number of nitriles is 1. The van der Waals surface area contributed by atoms with Crippen LogP contribution in [0.3, 0.4) is 0 Å². The van der Waals surface area contributed by atoms with Gasteiger partial charge in [0.1, 0.15) is 0 Å². The van der Waals surface area contributed by atoms with Crippen molar-refractivity contribution in [3.63, 3.8) is 0 Å². The van der Waals surface area contributed by atoms with Crippen LogP contribution in [0.4, 0.5) is 5.69 Å². The summed E-state index contributed by atoms with van der Waals surface area (Å²) in [5.74, 6) is -1.47. The molecule has 0 aliphatic rings. The normalized spacial score (nSPS) is 10.1. The van der Waals surface area contributed by atoms with Crippen LogP contribution < -0.4 is 10.6 Å². The van der Waals surface area contributed by atoms with Gasteiger partial charge in [-0.1, -0.05) is 0 Å². The molecule has 0 atom stereocenters. The average Bonchev–Trinajstić information content (AvgIpc) is 2.86. The maximum absolute atomic E-state index is 11.9. The largest absolute Gasteiger partial charge is 0.344 e. The van der Waals surface area contributed by atoms with Crippen molar-refractivity contribution >= 4 is 17.5 Å². The van der Waals surface area contributed by atoms with E-state index in [4.69, 9.17) is 5.26 Å². The molecular formula is C17H19N5O2. The van der Waals surface area contributed by atoms with Gasteiger partial charge in [-0.05, 0) is 45.0 Å². The first-order valence-electron chi connectivity index (χ1n) is 7.58. The molecule has 0 spiro atoms. The summed E-state index contributed by atoms with van der Waals surface area (Å²) in [6.07, 6.45) is 0. The van der Waals surface area contributed by atoms with E-state index in [0.29, 0.717) is 11.3 Å². The van der Waals surface area contributed by atoms with Crippen LogP contribution in [-0.2, 0) is 22.7 Å². The maximum Gasteiger partial charge on any atom is 0.313 e. The van der Waals surface area contributed by atoms with Crippen LogP contribution in [0.2, 0.25) is 0 Å². The minimum absolute atomic E-state index is 0.247. The minimum Gasteiger partial charge on any atom is -0.344 e. The van der Waals surface area contributed by atoms with Crippen molar-refractivity contribution in [1.29, 1.82) is 5.26 Å². The number of benzene rings is 1. The van der Waals surface area contributed by atoms with Gasteiger partial charge in [-0.2, -0.15) is 10.4 Å². The van der Waals surface area contributed by atoms with E-state index in [0.717, 1.165) is 23.5 Å². The highest BCUT2D eigenvalue weighted by atomic mass is 16.2. The zero-order valence-electron chi connectivity index (χ0n) is 13.9. The zero-order chi connectivity index (χ0) is 17.7. The number of amides is 2.